The van der Waals surface area contributed by atoms with E-state index in [4.69, 9.17) is 0 Å². The molecule has 0 aromatic heterocycles. The van der Waals surface area contributed by atoms with Crippen LogP contribution in [0.4, 0.5) is 30.2 Å². The van der Waals surface area contributed by atoms with Crippen molar-refractivity contribution < 1.29 is 13.2 Å². The van der Waals surface area contributed by atoms with Crippen LogP contribution in [0, 0.1) is 13.8 Å². The Hall–Kier alpha value is -2.50. The van der Waals surface area contributed by atoms with Crippen LogP contribution in [0.15, 0.2) is 41.4 Å². The van der Waals surface area contributed by atoms with Crippen LogP contribution in [0.3, 0.4) is 0 Å². The number of hydrogen-bond acceptors (Lipinski definition) is 2. The van der Waals surface area contributed by atoms with E-state index in [1.54, 1.807) is 12.4 Å². The van der Waals surface area contributed by atoms with E-state index >= 15 is 0 Å². The van der Waals surface area contributed by atoms with Crippen LogP contribution in [0.5, 0.6) is 0 Å². The molecule has 25 heavy (non-hydrogen) atoms. The van der Waals surface area contributed by atoms with Gasteiger partial charge in [0, 0.05) is 19.3 Å². The number of hydrogen-bond donors (Lipinski definition) is 1. The monoisotopic (exact) mass is 349 g/mol. The smallest absolute Gasteiger partial charge is 0.366 e. The van der Waals surface area contributed by atoms with Gasteiger partial charge < -0.3 is 10.2 Å². The van der Waals surface area contributed by atoms with Gasteiger partial charge in [0.05, 0.1) is 23.3 Å². The summed E-state index contributed by atoms with van der Waals surface area (Å²) in [4.78, 5) is 6.38. The number of nitrogens with one attached hydrogen (secondary N) is 1. The van der Waals surface area contributed by atoms with Crippen molar-refractivity contribution in [2.45, 2.75) is 26.9 Å². The van der Waals surface area contributed by atoms with Gasteiger partial charge in [0.25, 0.3) is 0 Å². The predicted molar refractivity (Wildman–Crippen MR) is 97.1 cm³/mol. The molecule has 3 nitrogen and oxygen atoms in total. The highest BCUT2D eigenvalue weighted by molar-refractivity contribution is 5.72. The summed E-state index contributed by atoms with van der Waals surface area (Å²) < 4.78 is 39.4. The molecule has 0 atom stereocenters. The molecule has 1 N–H and O–H groups in total. The van der Waals surface area contributed by atoms with Gasteiger partial charge in [0.15, 0.2) is 0 Å². The van der Waals surface area contributed by atoms with Crippen LogP contribution in [-0.2, 0) is 6.18 Å². The molecule has 0 spiro atoms. The van der Waals surface area contributed by atoms with Crippen molar-refractivity contribution in [1.29, 1.82) is 0 Å². The Labute approximate surface area is 146 Å². The number of nitrogens with zero attached hydrogens (tertiary/aromatic N) is 2. The lowest BCUT2D eigenvalue weighted by Crippen LogP contribution is -2.14. The van der Waals surface area contributed by atoms with Gasteiger partial charge in [0.2, 0.25) is 0 Å². The average molecular weight is 349 g/mol. The second-order valence-corrected chi connectivity index (χ2v) is 5.94. The molecule has 2 rings (SSSR count). The zero-order chi connectivity index (χ0) is 18.6. The van der Waals surface area contributed by atoms with Crippen LogP contribution in [-0.4, -0.2) is 24.8 Å². The Kier molecular flexibility index (Phi) is 5.72. The first kappa shape index (κ1) is 18.8. The number of halogens is 3. The van der Waals surface area contributed by atoms with Crippen molar-refractivity contribution in [3.8, 4) is 0 Å². The highest BCUT2D eigenvalue weighted by Gasteiger charge is 2.33. The average Bonchev–Trinajstić information content (AvgIpc) is 2.55. The normalized spacial score (nSPS) is 11.8. The first-order chi connectivity index (χ1) is 11.7. The van der Waals surface area contributed by atoms with Crippen molar-refractivity contribution in [1.82, 2.24) is 4.90 Å². The molecule has 0 unspecified atom stereocenters. The zero-order valence-electron chi connectivity index (χ0n) is 14.8. The summed E-state index contributed by atoms with van der Waals surface area (Å²) in [6.45, 7) is 6.60. The minimum absolute atomic E-state index is 0.0412. The molecule has 134 valence electrons. The fourth-order valence-corrected chi connectivity index (χ4v) is 2.30. The van der Waals surface area contributed by atoms with Gasteiger partial charge in [-0.05, 0) is 56.2 Å². The van der Waals surface area contributed by atoms with E-state index < -0.39 is 11.7 Å². The summed E-state index contributed by atoms with van der Waals surface area (Å²) in [5.74, 6) is 0. The van der Waals surface area contributed by atoms with E-state index in [9.17, 15) is 13.2 Å². The second-order valence-electron chi connectivity index (χ2n) is 5.94. The molecule has 0 saturated carbocycles. The van der Waals surface area contributed by atoms with Crippen molar-refractivity contribution >= 4 is 23.4 Å². The highest BCUT2D eigenvalue weighted by atomic mass is 19.4. The van der Waals surface area contributed by atoms with Crippen LogP contribution in [0.2, 0.25) is 0 Å². The number of aryl methyl sites for hydroxylation is 2. The van der Waals surface area contributed by atoms with E-state index in [2.05, 4.69) is 10.3 Å². The quantitative estimate of drug-likeness (QED) is 0.556. The van der Waals surface area contributed by atoms with Gasteiger partial charge in [-0.15, -0.1) is 0 Å². The fourth-order valence-electron chi connectivity index (χ4n) is 2.30. The summed E-state index contributed by atoms with van der Waals surface area (Å²) in [5, 5.41) is 2.91. The molecule has 0 aliphatic rings. The number of aliphatic imine (C=N–C) groups is 1. The van der Waals surface area contributed by atoms with E-state index in [0.29, 0.717) is 5.69 Å². The molecule has 0 bridgehead atoms. The first-order valence-corrected chi connectivity index (χ1v) is 8.01. The lowest BCUT2D eigenvalue weighted by Gasteiger charge is -2.17. The number of rotatable bonds is 5. The zero-order valence-corrected chi connectivity index (χ0v) is 14.8. The van der Waals surface area contributed by atoms with Gasteiger partial charge in [-0.2, -0.15) is 13.2 Å². The Morgan fingerprint density at radius 1 is 1.08 bits per heavy atom. The van der Waals surface area contributed by atoms with Crippen LogP contribution in [0.1, 0.15) is 23.6 Å². The maximum atomic E-state index is 13.1. The Morgan fingerprint density at radius 3 is 2.40 bits per heavy atom. The lowest BCUT2D eigenvalue weighted by atomic mass is 10.1. The molecule has 0 saturated heterocycles. The molecule has 0 aliphatic carbocycles. The third-order valence-corrected chi connectivity index (χ3v) is 3.94. The van der Waals surface area contributed by atoms with Gasteiger partial charge >= 0.3 is 6.18 Å². The molecule has 0 heterocycles. The standard InChI is InChI=1S/C19H22F3N3/c1-5-25(4)12-23-17-10-14(3)18(11-13(17)2)24-16-9-7-6-8-15(16)19(20,21)22/h6-12,24H,5H2,1-4H3. The molecular formula is C19H22F3N3. The van der Waals surface area contributed by atoms with Crippen molar-refractivity contribution in [3.63, 3.8) is 0 Å². The second kappa shape index (κ2) is 7.59. The summed E-state index contributed by atoms with van der Waals surface area (Å²) in [6.07, 6.45) is -2.66. The predicted octanol–water partition coefficient (Wildman–Crippen LogP) is 5.68. The maximum absolute atomic E-state index is 13.1. The van der Waals surface area contributed by atoms with Crippen LogP contribution in [0.25, 0.3) is 0 Å². The van der Waals surface area contributed by atoms with E-state index in [1.807, 2.05) is 44.9 Å². The molecule has 0 radical (unpaired) electrons. The SMILES string of the molecule is CCN(C)C=Nc1cc(C)c(Nc2ccccc2C(F)(F)F)cc1C. The van der Waals surface area contributed by atoms with Gasteiger partial charge in [-0.1, -0.05) is 12.1 Å². The number of para-hydroxylation sites is 1. The maximum Gasteiger partial charge on any atom is 0.418 e. The lowest BCUT2D eigenvalue weighted by molar-refractivity contribution is -0.136. The molecule has 6 heteroatoms. The molecule has 2 aromatic rings. The third-order valence-electron chi connectivity index (χ3n) is 3.94. The highest BCUT2D eigenvalue weighted by Crippen LogP contribution is 2.37. The number of alkyl halides is 3. The topological polar surface area (TPSA) is 27.6 Å². The van der Waals surface area contributed by atoms with Gasteiger partial charge in [0.1, 0.15) is 0 Å². The van der Waals surface area contributed by atoms with E-state index in [0.717, 1.165) is 29.4 Å². The van der Waals surface area contributed by atoms with E-state index in [-0.39, 0.29) is 5.69 Å². The minimum Gasteiger partial charge on any atom is -0.366 e. The van der Waals surface area contributed by atoms with Crippen molar-refractivity contribution in [2.75, 3.05) is 18.9 Å². The van der Waals surface area contributed by atoms with Crippen molar-refractivity contribution in [3.05, 3.63) is 53.1 Å². The largest absolute Gasteiger partial charge is 0.418 e. The summed E-state index contributed by atoms with van der Waals surface area (Å²) in [5.41, 5.74) is 2.51. The Balaban J connectivity index is 2.34. The molecule has 0 aliphatic heterocycles. The summed E-state index contributed by atoms with van der Waals surface area (Å²) >= 11 is 0. The third kappa shape index (κ3) is 4.75. The van der Waals surface area contributed by atoms with Crippen LogP contribution >= 0.6 is 0 Å². The minimum atomic E-state index is -4.40. The Morgan fingerprint density at radius 2 is 1.76 bits per heavy atom. The number of benzene rings is 2. The first-order valence-electron chi connectivity index (χ1n) is 8.01. The molecule has 2 aromatic carbocycles. The fraction of sp³-hybridized carbons (Fsp3) is 0.316. The Bertz CT molecular complexity index is 767. The number of anilines is 2. The summed E-state index contributed by atoms with van der Waals surface area (Å²) in [7, 11) is 1.93. The summed E-state index contributed by atoms with van der Waals surface area (Å²) in [6, 6.07) is 9.16. The van der Waals surface area contributed by atoms with E-state index in [1.165, 1.54) is 12.1 Å². The van der Waals surface area contributed by atoms with Gasteiger partial charge in [-0.25, -0.2) is 4.99 Å². The van der Waals surface area contributed by atoms with Gasteiger partial charge in [-0.3, -0.25) is 0 Å². The molecule has 0 fully saturated rings. The van der Waals surface area contributed by atoms with Crippen molar-refractivity contribution in [2.24, 2.45) is 4.99 Å². The molecular weight excluding hydrogens is 327 g/mol. The van der Waals surface area contributed by atoms with Crippen LogP contribution < -0.4 is 5.32 Å². The molecule has 0 amide bonds.